The number of hydrogen-bond acceptors (Lipinski definition) is 2. The molecule has 3 nitrogen and oxygen atoms in total. The summed E-state index contributed by atoms with van der Waals surface area (Å²) in [5, 5.41) is 3.59. The van der Waals surface area contributed by atoms with E-state index < -0.39 is 0 Å². The third-order valence-electron chi connectivity index (χ3n) is 3.12. The Labute approximate surface area is 140 Å². The van der Waals surface area contributed by atoms with Gasteiger partial charge in [0.05, 0.1) is 10.7 Å². The van der Waals surface area contributed by atoms with Crippen LogP contribution >= 0.6 is 23.2 Å². The quantitative estimate of drug-likeness (QED) is 0.820. The summed E-state index contributed by atoms with van der Waals surface area (Å²) in [5.41, 5.74) is 1.74. The molecule has 0 unspecified atom stereocenters. The number of benzene rings is 2. The lowest BCUT2D eigenvalue weighted by Crippen LogP contribution is -2.20. The van der Waals surface area contributed by atoms with E-state index in [1.165, 1.54) is 5.56 Å². The number of ether oxygens (including phenoxy) is 1. The number of anilines is 1. The standard InChI is InChI=1S/C17H17Cl2NO2/c1-11(2)12-3-6-14(7-4-12)22-10-17(21)20-16-8-5-13(18)9-15(16)19/h3-9,11H,10H2,1-2H3,(H,20,21). The number of halogens is 2. The van der Waals surface area contributed by atoms with Crippen molar-refractivity contribution < 1.29 is 9.53 Å². The van der Waals surface area contributed by atoms with E-state index in [2.05, 4.69) is 19.2 Å². The zero-order valence-electron chi connectivity index (χ0n) is 12.4. The SMILES string of the molecule is CC(C)c1ccc(OCC(=O)Nc2ccc(Cl)cc2Cl)cc1. The van der Waals surface area contributed by atoms with E-state index in [1.54, 1.807) is 18.2 Å². The molecule has 0 saturated carbocycles. The second-order valence-corrected chi connectivity index (χ2v) is 6.03. The molecular weight excluding hydrogens is 321 g/mol. The lowest BCUT2D eigenvalue weighted by molar-refractivity contribution is -0.118. The summed E-state index contributed by atoms with van der Waals surface area (Å²) < 4.78 is 5.46. The predicted octanol–water partition coefficient (Wildman–Crippen LogP) is 5.13. The first-order valence-corrected chi connectivity index (χ1v) is 7.69. The van der Waals surface area contributed by atoms with Crippen LogP contribution < -0.4 is 10.1 Å². The zero-order chi connectivity index (χ0) is 16.1. The van der Waals surface area contributed by atoms with Crippen molar-refractivity contribution in [1.82, 2.24) is 0 Å². The monoisotopic (exact) mass is 337 g/mol. The fourth-order valence-corrected chi connectivity index (χ4v) is 2.33. The molecule has 2 aromatic rings. The molecule has 0 spiro atoms. The lowest BCUT2D eigenvalue weighted by atomic mass is 10.0. The molecule has 22 heavy (non-hydrogen) atoms. The summed E-state index contributed by atoms with van der Waals surface area (Å²) in [5.74, 6) is 0.836. The Kier molecular flexibility index (Phi) is 5.69. The van der Waals surface area contributed by atoms with Crippen molar-refractivity contribution in [3.63, 3.8) is 0 Å². The molecule has 0 aliphatic carbocycles. The smallest absolute Gasteiger partial charge is 0.262 e. The molecule has 116 valence electrons. The van der Waals surface area contributed by atoms with Crippen LogP contribution in [0.15, 0.2) is 42.5 Å². The molecule has 0 radical (unpaired) electrons. The van der Waals surface area contributed by atoms with E-state index in [9.17, 15) is 4.79 Å². The van der Waals surface area contributed by atoms with Crippen LogP contribution in [0, 0.1) is 0 Å². The molecule has 0 bridgehead atoms. The van der Waals surface area contributed by atoms with Gasteiger partial charge in [-0.25, -0.2) is 0 Å². The summed E-state index contributed by atoms with van der Waals surface area (Å²) >= 11 is 11.8. The third kappa shape index (κ3) is 4.65. The molecule has 5 heteroatoms. The first kappa shape index (κ1) is 16.7. The predicted molar refractivity (Wildman–Crippen MR) is 91.1 cm³/mol. The van der Waals surface area contributed by atoms with Crippen molar-refractivity contribution in [1.29, 1.82) is 0 Å². The second-order valence-electron chi connectivity index (χ2n) is 5.18. The molecule has 0 heterocycles. The van der Waals surface area contributed by atoms with Crippen LogP contribution in [0.25, 0.3) is 0 Å². The summed E-state index contributed by atoms with van der Waals surface area (Å²) in [6.45, 7) is 4.16. The Morgan fingerprint density at radius 1 is 1.14 bits per heavy atom. The maximum Gasteiger partial charge on any atom is 0.262 e. The van der Waals surface area contributed by atoms with Crippen molar-refractivity contribution in [2.45, 2.75) is 19.8 Å². The number of rotatable bonds is 5. The van der Waals surface area contributed by atoms with Crippen molar-refractivity contribution in [2.24, 2.45) is 0 Å². The van der Waals surface area contributed by atoms with Crippen LogP contribution in [-0.2, 0) is 4.79 Å². The molecule has 2 rings (SSSR count). The number of amides is 1. The van der Waals surface area contributed by atoms with Crippen LogP contribution in [0.2, 0.25) is 10.0 Å². The summed E-state index contributed by atoms with van der Waals surface area (Å²) in [7, 11) is 0. The number of hydrogen-bond donors (Lipinski definition) is 1. The van der Waals surface area contributed by atoms with Gasteiger partial charge in [0.15, 0.2) is 6.61 Å². The maximum atomic E-state index is 11.9. The molecule has 0 aromatic heterocycles. The molecule has 0 aliphatic heterocycles. The van der Waals surface area contributed by atoms with Gasteiger partial charge in [0.2, 0.25) is 0 Å². The summed E-state index contributed by atoms with van der Waals surface area (Å²) in [6, 6.07) is 12.6. The average Bonchev–Trinajstić information content (AvgIpc) is 2.48. The summed E-state index contributed by atoms with van der Waals surface area (Å²) in [6.07, 6.45) is 0. The molecule has 1 N–H and O–H groups in total. The fraction of sp³-hybridized carbons (Fsp3) is 0.235. The Morgan fingerprint density at radius 3 is 2.41 bits per heavy atom. The highest BCUT2D eigenvalue weighted by Crippen LogP contribution is 2.25. The van der Waals surface area contributed by atoms with Gasteiger partial charge in [0.25, 0.3) is 5.91 Å². The van der Waals surface area contributed by atoms with Crippen molar-refractivity contribution in [3.8, 4) is 5.75 Å². The minimum absolute atomic E-state index is 0.0834. The minimum Gasteiger partial charge on any atom is -0.484 e. The van der Waals surface area contributed by atoms with Gasteiger partial charge in [-0.3, -0.25) is 4.79 Å². The van der Waals surface area contributed by atoms with E-state index >= 15 is 0 Å². The number of nitrogens with one attached hydrogen (secondary N) is 1. The largest absolute Gasteiger partial charge is 0.484 e. The Balaban J connectivity index is 1.89. The molecule has 0 atom stereocenters. The first-order valence-electron chi connectivity index (χ1n) is 6.93. The maximum absolute atomic E-state index is 11.9. The Morgan fingerprint density at radius 2 is 1.82 bits per heavy atom. The molecular formula is C17H17Cl2NO2. The highest BCUT2D eigenvalue weighted by molar-refractivity contribution is 6.36. The van der Waals surface area contributed by atoms with E-state index in [1.807, 2.05) is 24.3 Å². The van der Waals surface area contributed by atoms with Gasteiger partial charge in [-0.2, -0.15) is 0 Å². The van der Waals surface area contributed by atoms with Crippen LogP contribution in [0.5, 0.6) is 5.75 Å². The lowest BCUT2D eigenvalue weighted by Gasteiger charge is -2.10. The average molecular weight is 338 g/mol. The van der Waals surface area contributed by atoms with Gasteiger partial charge in [-0.15, -0.1) is 0 Å². The van der Waals surface area contributed by atoms with E-state index in [-0.39, 0.29) is 12.5 Å². The molecule has 2 aromatic carbocycles. The number of carbonyl (C=O) groups is 1. The van der Waals surface area contributed by atoms with Gasteiger partial charge in [-0.1, -0.05) is 49.2 Å². The van der Waals surface area contributed by atoms with Gasteiger partial charge in [0.1, 0.15) is 5.75 Å². The van der Waals surface area contributed by atoms with Gasteiger partial charge < -0.3 is 10.1 Å². The fourth-order valence-electron chi connectivity index (χ4n) is 1.87. The van der Waals surface area contributed by atoms with Gasteiger partial charge in [-0.05, 0) is 41.8 Å². The highest BCUT2D eigenvalue weighted by atomic mass is 35.5. The van der Waals surface area contributed by atoms with Crippen LogP contribution in [0.1, 0.15) is 25.3 Å². The topological polar surface area (TPSA) is 38.3 Å². The number of carbonyl (C=O) groups excluding carboxylic acids is 1. The van der Waals surface area contributed by atoms with Crippen LogP contribution in [0.3, 0.4) is 0 Å². The molecule has 0 aliphatic rings. The first-order chi connectivity index (χ1) is 10.5. The second kappa shape index (κ2) is 7.52. The Bertz CT molecular complexity index is 654. The summed E-state index contributed by atoms with van der Waals surface area (Å²) in [4.78, 5) is 11.9. The molecule has 1 amide bonds. The third-order valence-corrected chi connectivity index (χ3v) is 3.67. The van der Waals surface area contributed by atoms with Crippen LogP contribution in [0.4, 0.5) is 5.69 Å². The van der Waals surface area contributed by atoms with Crippen molar-refractivity contribution in [3.05, 3.63) is 58.1 Å². The zero-order valence-corrected chi connectivity index (χ0v) is 13.9. The van der Waals surface area contributed by atoms with Crippen LogP contribution in [-0.4, -0.2) is 12.5 Å². The van der Waals surface area contributed by atoms with Gasteiger partial charge in [0, 0.05) is 5.02 Å². The Hall–Kier alpha value is -1.71. The highest BCUT2D eigenvalue weighted by Gasteiger charge is 2.07. The van der Waals surface area contributed by atoms with Crippen molar-refractivity contribution >= 4 is 34.8 Å². The molecule has 0 fully saturated rings. The van der Waals surface area contributed by atoms with Gasteiger partial charge >= 0.3 is 0 Å². The van der Waals surface area contributed by atoms with E-state index in [0.717, 1.165) is 0 Å². The van der Waals surface area contributed by atoms with Crippen molar-refractivity contribution in [2.75, 3.05) is 11.9 Å². The molecule has 0 saturated heterocycles. The van der Waals surface area contributed by atoms with E-state index in [4.69, 9.17) is 27.9 Å². The normalized spacial score (nSPS) is 10.6. The van der Waals surface area contributed by atoms with E-state index in [0.29, 0.717) is 27.4 Å². The minimum atomic E-state index is -0.280.